The number of esters is 1. The molecule has 1 aliphatic rings. The van der Waals surface area contributed by atoms with Crippen LogP contribution in [0.15, 0.2) is 42.5 Å². The minimum Gasteiger partial charge on any atom is -0.462 e. The maximum atomic E-state index is 13.0. The van der Waals surface area contributed by atoms with Crippen molar-refractivity contribution >= 4 is 23.3 Å². The average Bonchev–Trinajstić information content (AvgIpc) is 2.78. The van der Waals surface area contributed by atoms with Crippen LogP contribution in [0.2, 0.25) is 0 Å². The summed E-state index contributed by atoms with van der Waals surface area (Å²) in [5.74, 6) is -1.29. The van der Waals surface area contributed by atoms with Gasteiger partial charge in [-0.2, -0.15) is 13.2 Å². The first-order chi connectivity index (χ1) is 15.1. The van der Waals surface area contributed by atoms with E-state index in [0.717, 1.165) is 24.3 Å². The molecule has 0 aliphatic carbocycles. The molecular weight excluding hydrogens is 431 g/mol. The molecule has 1 fully saturated rings. The van der Waals surface area contributed by atoms with Gasteiger partial charge in [0.1, 0.15) is 0 Å². The van der Waals surface area contributed by atoms with E-state index in [9.17, 15) is 32.9 Å². The molecule has 8 nitrogen and oxygen atoms in total. The molecule has 0 unspecified atom stereocenters. The second-order valence-electron chi connectivity index (χ2n) is 7.07. The molecule has 170 valence electrons. The van der Waals surface area contributed by atoms with Gasteiger partial charge >= 0.3 is 12.1 Å². The number of non-ortho nitro benzene ring substituents is 1. The molecule has 0 bridgehead atoms. The minimum absolute atomic E-state index is 0.0326. The fraction of sp³-hybridized carbons (Fsp3) is 0.333. The maximum Gasteiger partial charge on any atom is 0.416 e. The van der Waals surface area contributed by atoms with Gasteiger partial charge in [-0.15, -0.1) is 0 Å². The van der Waals surface area contributed by atoms with Gasteiger partial charge in [0, 0.05) is 49.6 Å². The van der Waals surface area contributed by atoms with Gasteiger partial charge in [-0.05, 0) is 31.2 Å². The summed E-state index contributed by atoms with van der Waals surface area (Å²) < 4.78 is 43.8. The molecule has 3 rings (SSSR count). The number of amides is 1. The zero-order valence-corrected chi connectivity index (χ0v) is 17.1. The SMILES string of the molecule is CCOC(=O)c1cc(C(=O)N2CCN(c3cccc(C(F)(F)F)c3)CC2)cc([N+](=O)[O-])c1. The van der Waals surface area contributed by atoms with E-state index in [0.29, 0.717) is 5.69 Å². The molecule has 2 aromatic rings. The molecule has 32 heavy (non-hydrogen) atoms. The summed E-state index contributed by atoms with van der Waals surface area (Å²) in [5.41, 5.74) is -0.910. The molecule has 1 amide bonds. The number of hydrogen-bond donors (Lipinski definition) is 0. The molecule has 1 heterocycles. The first-order valence-electron chi connectivity index (χ1n) is 9.78. The summed E-state index contributed by atoms with van der Waals surface area (Å²) in [7, 11) is 0. The third kappa shape index (κ3) is 5.16. The van der Waals surface area contributed by atoms with Crippen molar-refractivity contribution in [1.29, 1.82) is 0 Å². The number of halogens is 3. The highest BCUT2D eigenvalue weighted by Gasteiger charge is 2.31. The topological polar surface area (TPSA) is 93.0 Å². The Balaban J connectivity index is 1.75. The molecular formula is C21H20F3N3O5. The molecule has 0 atom stereocenters. The highest BCUT2D eigenvalue weighted by atomic mass is 19.4. The van der Waals surface area contributed by atoms with E-state index in [1.807, 2.05) is 0 Å². The lowest BCUT2D eigenvalue weighted by Gasteiger charge is -2.36. The van der Waals surface area contributed by atoms with E-state index in [2.05, 4.69) is 0 Å². The van der Waals surface area contributed by atoms with Gasteiger partial charge < -0.3 is 14.5 Å². The molecule has 1 saturated heterocycles. The van der Waals surface area contributed by atoms with Gasteiger partial charge in [0.15, 0.2) is 0 Å². The van der Waals surface area contributed by atoms with Crippen molar-refractivity contribution in [2.45, 2.75) is 13.1 Å². The van der Waals surface area contributed by atoms with Crippen LogP contribution < -0.4 is 4.90 Å². The fourth-order valence-corrected chi connectivity index (χ4v) is 3.40. The van der Waals surface area contributed by atoms with Gasteiger partial charge in [-0.25, -0.2) is 4.79 Å². The van der Waals surface area contributed by atoms with Crippen molar-refractivity contribution in [2.75, 3.05) is 37.7 Å². The Bertz CT molecular complexity index is 1030. The Morgan fingerprint density at radius 1 is 1.06 bits per heavy atom. The fourth-order valence-electron chi connectivity index (χ4n) is 3.40. The van der Waals surface area contributed by atoms with E-state index < -0.39 is 34.2 Å². The molecule has 2 aromatic carbocycles. The van der Waals surface area contributed by atoms with Crippen LogP contribution in [-0.2, 0) is 10.9 Å². The summed E-state index contributed by atoms with van der Waals surface area (Å²) in [5, 5.41) is 11.2. The number of nitro benzene ring substituents is 1. The lowest BCUT2D eigenvalue weighted by molar-refractivity contribution is -0.384. The van der Waals surface area contributed by atoms with Gasteiger partial charge in [0.05, 0.1) is 22.7 Å². The second-order valence-corrected chi connectivity index (χ2v) is 7.07. The number of alkyl halides is 3. The van der Waals surface area contributed by atoms with E-state index in [-0.39, 0.29) is 43.9 Å². The second kappa shape index (κ2) is 9.25. The third-order valence-electron chi connectivity index (χ3n) is 4.99. The van der Waals surface area contributed by atoms with Crippen LogP contribution in [0.5, 0.6) is 0 Å². The predicted molar refractivity (Wildman–Crippen MR) is 109 cm³/mol. The molecule has 0 N–H and O–H groups in total. The van der Waals surface area contributed by atoms with E-state index in [1.54, 1.807) is 17.9 Å². The van der Waals surface area contributed by atoms with Gasteiger partial charge in [-0.1, -0.05) is 6.07 Å². The van der Waals surface area contributed by atoms with Gasteiger partial charge in [0.25, 0.3) is 11.6 Å². The van der Waals surface area contributed by atoms with Crippen LogP contribution in [0, 0.1) is 10.1 Å². The number of hydrogen-bond acceptors (Lipinski definition) is 6. The number of carbonyl (C=O) groups excluding carboxylic acids is 2. The number of ether oxygens (including phenoxy) is 1. The van der Waals surface area contributed by atoms with E-state index >= 15 is 0 Å². The molecule has 0 aromatic heterocycles. The smallest absolute Gasteiger partial charge is 0.416 e. The lowest BCUT2D eigenvalue weighted by Crippen LogP contribution is -2.48. The van der Waals surface area contributed by atoms with E-state index in [4.69, 9.17) is 4.74 Å². The molecule has 1 aliphatic heterocycles. The summed E-state index contributed by atoms with van der Waals surface area (Å²) in [4.78, 5) is 38.6. The van der Waals surface area contributed by atoms with Crippen LogP contribution in [0.3, 0.4) is 0 Å². The van der Waals surface area contributed by atoms with Crippen LogP contribution in [0.1, 0.15) is 33.2 Å². The van der Waals surface area contributed by atoms with Gasteiger partial charge in [-0.3, -0.25) is 14.9 Å². The minimum atomic E-state index is -4.45. The van der Waals surface area contributed by atoms with Crippen molar-refractivity contribution < 1.29 is 32.4 Å². The Morgan fingerprint density at radius 2 is 1.72 bits per heavy atom. The Hall–Kier alpha value is -3.63. The number of piperazine rings is 1. The Labute approximate surface area is 181 Å². The zero-order chi connectivity index (χ0) is 23.5. The summed E-state index contributed by atoms with van der Waals surface area (Å²) in [6, 6.07) is 8.32. The van der Waals surface area contributed by atoms with Crippen molar-refractivity contribution in [1.82, 2.24) is 4.90 Å². The summed E-state index contributed by atoms with van der Waals surface area (Å²) >= 11 is 0. The molecule has 0 saturated carbocycles. The largest absolute Gasteiger partial charge is 0.462 e. The molecule has 0 spiro atoms. The number of carbonyl (C=O) groups is 2. The van der Waals surface area contributed by atoms with Crippen molar-refractivity contribution in [3.8, 4) is 0 Å². The maximum absolute atomic E-state index is 13.0. The highest BCUT2D eigenvalue weighted by Crippen LogP contribution is 2.32. The predicted octanol–water partition coefficient (Wildman–Crippen LogP) is 3.75. The van der Waals surface area contributed by atoms with Crippen LogP contribution >= 0.6 is 0 Å². The van der Waals surface area contributed by atoms with Crippen molar-refractivity contribution in [3.63, 3.8) is 0 Å². The highest BCUT2D eigenvalue weighted by molar-refractivity contribution is 5.99. The van der Waals surface area contributed by atoms with Crippen molar-refractivity contribution in [3.05, 3.63) is 69.3 Å². The first kappa shape index (κ1) is 23.0. The van der Waals surface area contributed by atoms with Crippen LogP contribution in [0.4, 0.5) is 24.5 Å². The zero-order valence-electron chi connectivity index (χ0n) is 17.1. The number of nitro groups is 1. The summed E-state index contributed by atoms with van der Waals surface area (Å²) in [6.07, 6.45) is -4.45. The normalized spacial score (nSPS) is 14.2. The van der Waals surface area contributed by atoms with Crippen LogP contribution in [0.25, 0.3) is 0 Å². The standard InChI is InChI=1S/C21H20F3N3O5/c1-2-32-20(29)15-10-14(11-18(12-15)27(30)31)19(28)26-8-6-25(7-9-26)17-5-3-4-16(13-17)21(22,23)24/h3-5,10-13H,2,6-9H2,1H3. The number of nitrogens with zero attached hydrogens (tertiary/aromatic N) is 3. The third-order valence-corrected chi connectivity index (χ3v) is 4.99. The monoisotopic (exact) mass is 451 g/mol. The van der Waals surface area contributed by atoms with E-state index in [1.165, 1.54) is 17.0 Å². The molecule has 0 radical (unpaired) electrons. The average molecular weight is 451 g/mol. The number of anilines is 1. The Kier molecular flexibility index (Phi) is 6.66. The number of benzene rings is 2. The lowest BCUT2D eigenvalue weighted by atomic mass is 10.1. The first-order valence-corrected chi connectivity index (χ1v) is 9.78. The number of rotatable bonds is 5. The van der Waals surface area contributed by atoms with Gasteiger partial charge in [0.2, 0.25) is 0 Å². The Morgan fingerprint density at radius 3 is 2.31 bits per heavy atom. The summed E-state index contributed by atoms with van der Waals surface area (Å²) in [6.45, 7) is 2.63. The van der Waals surface area contributed by atoms with Crippen LogP contribution in [-0.4, -0.2) is 54.5 Å². The quantitative estimate of drug-likeness (QED) is 0.391. The van der Waals surface area contributed by atoms with Crippen molar-refractivity contribution in [2.24, 2.45) is 0 Å². The molecule has 11 heteroatoms.